The average molecular weight is 530 g/mol. The number of Topliss-reactive ketones (excluding diaryl/α,β-unsaturated/α-hetero) is 1. The lowest BCUT2D eigenvalue weighted by atomic mass is 9.98. The van der Waals surface area contributed by atoms with Crippen molar-refractivity contribution >= 4 is 46.2 Å². The number of ketones is 1. The van der Waals surface area contributed by atoms with Gasteiger partial charge in [0.15, 0.2) is 5.78 Å². The van der Waals surface area contributed by atoms with E-state index in [1.807, 2.05) is 54.6 Å². The smallest absolute Gasteiger partial charge is 0.255 e. The van der Waals surface area contributed by atoms with Crippen LogP contribution in [-0.4, -0.2) is 54.9 Å². The van der Waals surface area contributed by atoms with E-state index in [0.29, 0.717) is 16.7 Å². The highest BCUT2D eigenvalue weighted by Crippen LogP contribution is 2.29. The van der Waals surface area contributed by atoms with Gasteiger partial charge in [-0.15, -0.1) is 12.4 Å². The maximum absolute atomic E-state index is 13.1. The molecule has 5 rings (SSSR count). The number of halogens is 1. The van der Waals surface area contributed by atoms with E-state index in [2.05, 4.69) is 22.2 Å². The largest absolute Gasteiger partial charge is 0.506 e. The van der Waals surface area contributed by atoms with Gasteiger partial charge in [0.25, 0.3) is 5.91 Å². The molecule has 0 saturated carbocycles. The van der Waals surface area contributed by atoms with Gasteiger partial charge in [-0.05, 0) is 72.7 Å². The number of likely N-dealkylation sites (N-methyl/N-ethyl adjacent to an activating group) is 1. The Hall–Kier alpha value is -3.87. The summed E-state index contributed by atoms with van der Waals surface area (Å²) < 4.78 is 0. The minimum Gasteiger partial charge on any atom is -0.506 e. The van der Waals surface area contributed by atoms with Crippen molar-refractivity contribution < 1.29 is 14.7 Å². The summed E-state index contributed by atoms with van der Waals surface area (Å²) in [6, 6.07) is 26.0. The SMILES string of the molecule is CN1CCCN(c2ccc(C(=O)Nc3c(O)cccc3CC(=O)c3ccc4ccccc4c3)cc2)CC1.Cl. The molecular formula is C31H32ClN3O3. The number of nitrogens with one attached hydrogen (secondary N) is 1. The normalized spacial score (nSPS) is 14.0. The topological polar surface area (TPSA) is 72.9 Å². The van der Waals surface area contributed by atoms with E-state index in [0.717, 1.165) is 49.1 Å². The van der Waals surface area contributed by atoms with Crippen LogP contribution < -0.4 is 10.2 Å². The van der Waals surface area contributed by atoms with Crippen molar-refractivity contribution in [3.63, 3.8) is 0 Å². The molecule has 0 atom stereocenters. The Morgan fingerprint density at radius 2 is 1.55 bits per heavy atom. The number of aromatic hydroxyl groups is 1. The molecular weight excluding hydrogens is 498 g/mol. The number of rotatable bonds is 6. The van der Waals surface area contributed by atoms with Gasteiger partial charge in [0, 0.05) is 42.9 Å². The van der Waals surface area contributed by atoms with Gasteiger partial charge in [-0.1, -0.05) is 48.5 Å². The van der Waals surface area contributed by atoms with Gasteiger partial charge < -0.3 is 20.2 Å². The van der Waals surface area contributed by atoms with Crippen LogP contribution >= 0.6 is 12.4 Å². The Labute approximate surface area is 229 Å². The van der Waals surface area contributed by atoms with Crippen LogP contribution in [-0.2, 0) is 6.42 Å². The maximum Gasteiger partial charge on any atom is 0.255 e. The number of amides is 1. The number of carbonyl (C=O) groups is 2. The van der Waals surface area contributed by atoms with Crippen molar-refractivity contribution in [3.05, 3.63) is 102 Å². The Bertz CT molecular complexity index is 1440. The van der Waals surface area contributed by atoms with Gasteiger partial charge in [0.1, 0.15) is 5.75 Å². The van der Waals surface area contributed by atoms with E-state index in [9.17, 15) is 14.7 Å². The average Bonchev–Trinajstić information content (AvgIpc) is 3.14. The number of phenolic OH excluding ortho intramolecular Hbond substituents is 1. The highest BCUT2D eigenvalue weighted by atomic mass is 35.5. The fraction of sp³-hybridized carbons (Fsp3) is 0.226. The Morgan fingerprint density at radius 1 is 0.816 bits per heavy atom. The third-order valence-electron chi connectivity index (χ3n) is 7.00. The molecule has 0 unspecified atom stereocenters. The van der Waals surface area contributed by atoms with Crippen LogP contribution in [0.25, 0.3) is 10.8 Å². The third kappa shape index (κ3) is 6.15. The van der Waals surface area contributed by atoms with Gasteiger partial charge in [-0.3, -0.25) is 9.59 Å². The molecule has 2 N–H and O–H groups in total. The number of anilines is 2. The summed E-state index contributed by atoms with van der Waals surface area (Å²) in [6.07, 6.45) is 1.16. The quantitative estimate of drug-likeness (QED) is 0.244. The van der Waals surface area contributed by atoms with E-state index in [-0.39, 0.29) is 42.0 Å². The molecule has 0 aliphatic carbocycles. The summed E-state index contributed by atoms with van der Waals surface area (Å²) in [6.45, 7) is 4.04. The number of hydrogen-bond donors (Lipinski definition) is 2. The molecule has 1 fully saturated rings. The van der Waals surface area contributed by atoms with Crippen molar-refractivity contribution in [2.24, 2.45) is 0 Å². The second kappa shape index (κ2) is 12.1. The molecule has 1 aliphatic rings. The second-order valence-corrected chi connectivity index (χ2v) is 9.62. The van der Waals surface area contributed by atoms with E-state index >= 15 is 0 Å². The van der Waals surface area contributed by atoms with Crippen LogP contribution in [0.4, 0.5) is 11.4 Å². The number of para-hydroxylation sites is 1. The van der Waals surface area contributed by atoms with E-state index in [1.165, 1.54) is 6.07 Å². The molecule has 7 heteroatoms. The number of nitrogens with zero attached hydrogens (tertiary/aromatic N) is 2. The first-order valence-corrected chi connectivity index (χ1v) is 12.7. The van der Waals surface area contributed by atoms with Crippen LogP contribution in [0, 0.1) is 0 Å². The lowest BCUT2D eigenvalue weighted by Crippen LogP contribution is -2.28. The summed E-state index contributed by atoms with van der Waals surface area (Å²) >= 11 is 0. The fourth-order valence-corrected chi connectivity index (χ4v) is 4.83. The highest BCUT2D eigenvalue weighted by Gasteiger charge is 2.18. The van der Waals surface area contributed by atoms with Crippen LogP contribution in [0.2, 0.25) is 0 Å². The monoisotopic (exact) mass is 529 g/mol. The summed E-state index contributed by atoms with van der Waals surface area (Å²) in [4.78, 5) is 30.9. The molecule has 4 aromatic carbocycles. The van der Waals surface area contributed by atoms with Gasteiger partial charge in [-0.2, -0.15) is 0 Å². The number of benzene rings is 4. The lowest BCUT2D eigenvalue weighted by Gasteiger charge is -2.23. The van der Waals surface area contributed by atoms with Crippen molar-refractivity contribution in [3.8, 4) is 5.75 Å². The number of hydrogen-bond acceptors (Lipinski definition) is 5. The van der Waals surface area contributed by atoms with Crippen LogP contribution in [0.1, 0.15) is 32.7 Å². The van der Waals surface area contributed by atoms with Crippen molar-refractivity contribution in [2.75, 3.05) is 43.4 Å². The molecule has 4 aromatic rings. The summed E-state index contributed by atoms with van der Waals surface area (Å²) in [5, 5.41) is 15.4. The van der Waals surface area contributed by atoms with E-state index in [4.69, 9.17) is 0 Å². The minimum atomic E-state index is -0.331. The maximum atomic E-state index is 13.1. The van der Waals surface area contributed by atoms with Crippen molar-refractivity contribution in [2.45, 2.75) is 12.8 Å². The minimum absolute atomic E-state index is 0. The summed E-state index contributed by atoms with van der Waals surface area (Å²) in [7, 11) is 2.14. The first-order valence-electron chi connectivity index (χ1n) is 12.7. The van der Waals surface area contributed by atoms with Gasteiger partial charge >= 0.3 is 0 Å². The molecule has 1 saturated heterocycles. The van der Waals surface area contributed by atoms with Crippen LogP contribution in [0.5, 0.6) is 5.75 Å². The first-order chi connectivity index (χ1) is 18.0. The molecule has 0 radical (unpaired) electrons. The highest BCUT2D eigenvalue weighted by molar-refractivity contribution is 6.07. The van der Waals surface area contributed by atoms with Crippen LogP contribution in [0.15, 0.2) is 84.9 Å². The van der Waals surface area contributed by atoms with Crippen molar-refractivity contribution in [1.82, 2.24) is 4.90 Å². The first kappa shape index (κ1) is 27.2. The third-order valence-corrected chi connectivity index (χ3v) is 7.00. The number of phenols is 1. The van der Waals surface area contributed by atoms with Crippen molar-refractivity contribution in [1.29, 1.82) is 0 Å². The molecule has 0 aromatic heterocycles. The zero-order valence-electron chi connectivity index (χ0n) is 21.4. The Kier molecular flexibility index (Phi) is 8.66. The van der Waals surface area contributed by atoms with Crippen LogP contribution in [0.3, 0.4) is 0 Å². The second-order valence-electron chi connectivity index (χ2n) is 9.62. The summed E-state index contributed by atoms with van der Waals surface area (Å²) in [5.41, 5.74) is 3.01. The molecule has 0 bridgehead atoms. The molecule has 0 spiro atoms. The lowest BCUT2D eigenvalue weighted by molar-refractivity contribution is 0.0989. The number of fused-ring (bicyclic) bond motifs is 1. The Morgan fingerprint density at radius 3 is 2.34 bits per heavy atom. The molecule has 6 nitrogen and oxygen atoms in total. The summed E-state index contributed by atoms with van der Waals surface area (Å²) in [5.74, 6) is -0.482. The standard InChI is InChI=1S/C31H31N3O3.ClH/c1-33-16-5-17-34(19-18-33)27-14-12-23(13-15-27)31(37)32-30-26(8-4-9-28(30)35)21-29(36)25-11-10-22-6-2-3-7-24(22)20-25;/h2-4,6-15,20,35H,5,16-19,21H2,1H3,(H,32,37);1H. The predicted molar refractivity (Wildman–Crippen MR) is 156 cm³/mol. The van der Waals surface area contributed by atoms with Gasteiger partial charge in [0.2, 0.25) is 0 Å². The molecule has 1 aliphatic heterocycles. The van der Waals surface area contributed by atoms with Gasteiger partial charge in [-0.25, -0.2) is 0 Å². The molecule has 1 amide bonds. The zero-order valence-corrected chi connectivity index (χ0v) is 22.2. The number of carbonyl (C=O) groups excluding carboxylic acids is 2. The van der Waals surface area contributed by atoms with E-state index in [1.54, 1.807) is 24.3 Å². The van der Waals surface area contributed by atoms with E-state index < -0.39 is 0 Å². The van der Waals surface area contributed by atoms with Gasteiger partial charge in [0.05, 0.1) is 5.69 Å². The Balaban J connectivity index is 0.00000336. The fourth-order valence-electron chi connectivity index (χ4n) is 4.83. The molecule has 1 heterocycles. The predicted octanol–water partition coefficient (Wildman–Crippen LogP) is 5.79. The molecule has 38 heavy (non-hydrogen) atoms. The zero-order chi connectivity index (χ0) is 25.8. The molecule has 196 valence electrons.